The molecule has 1 aromatic carbocycles. The summed E-state index contributed by atoms with van der Waals surface area (Å²) in [4.78, 5) is 8.58. The molecule has 0 aromatic heterocycles. The Bertz CT molecular complexity index is 285. The van der Waals surface area contributed by atoms with Crippen molar-refractivity contribution in [3.63, 3.8) is 0 Å². The molecule has 1 fully saturated rings. The summed E-state index contributed by atoms with van der Waals surface area (Å²) >= 11 is 0. The van der Waals surface area contributed by atoms with Gasteiger partial charge in [-0.2, -0.15) is 0 Å². The Hall–Kier alpha value is -1.55. The van der Waals surface area contributed by atoms with Gasteiger partial charge in [0.25, 0.3) is 0 Å². The monoisotopic (exact) mass is 281 g/mol. The minimum Gasteiger partial charge on any atom is -0.388 e. The lowest BCUT2D eigenvalue weighted by Gasteiger charge is -2.15. The fourth-order valence-electron chi connectivity index (χ4n) is 1.74. The number of hydrogen-bond acceptors (Lipinski definition) is 3. The van der Waals surface area contributed by atoms with Crippen LogP contribution >= 0.6 is 0 Å². The fourth-order valence-corrected chi connectivity index (χ4v) is 1.74. The van der Waals surface area contributed by atoms with Crippen molar-refractivity contribution >= 4 is 12.1 Å². The molecule has 1 saturated carbocycles. The number of carbonyl (C=O) groups is 1. The smallest absolute Gasteiger partial charge is 0.204 e. The van der Waals surface area contributed by atoms with Gasteiger partial charge in [-0.05, 0) is 25.0 Å². The van der Waals surface area contributed by atoms with Gasteiger partial charge in [-0.1, -0.05) is 51.3 Å². The van der Waals surface area contributed by atoms with Gasteiger partial charge in [-0.3, -0.25) is 4.79 Å². The van der Waals surface area contributed by atoms with Crippen LogP contribution in [-0.4, -0.2) is 19.5 Å². The van der Waals surface area contributed by atoms with Gasteiger partial charge in [0.1, 0.15) is 0 Å². The average molecular weight is 281 g/mol. The van der Waals surface area contributed by atoms with E-state index in [-0.39, 0.29) is 6.41 Å². The summed E-state index contributed by atoms with van der Waals surface area (Å²) < 4.78 is 0. The molecule has 0 aliphatic heterocycles. The molecule has 4 nitrogen and oxygen atoms in total. The average Bonchev–Trinajstić information content (AvgIpc) is 2.52. The van der Waals surface area contributed by atoms with E-state index in [1.165, 1.54) is 32.1 Å². The zero-order chi connectivity index (χ0) is 15.6. The number of nitrogens with one attached hydrogen (secondary N) is 1. The van der Waals surface area contributed by atoms with Crippen LogP contribution in [0.5, 0.6) is 0 Å². The predicted molar refractivity (Wildman–Crippen MR) is 88.6 cm³/mol. The van der Waals surface area contributed by atoms with Crippen LogP contribution in [0.3, 0.4) is 0 Å². The lowest BCUT2D eigenvalue weighted by atomic mass is 9.97. The molecule has 116 valence electrons. The summed E-state index contributed by atoms with van der Waals surface area (Å²) in [5.74, 6) is 0. The van der Waals surface area contributed by atoms with Crippen molar-refractivity contribution in [1.29, 1.82) is 0 Å². The summed E-state index contributed by atoms with van der Waals surface area (Å²) in [6.45, 7) is 4.00. The Morgan fingerprint density at radius 3 is 1.80 bits per heavy atom. The minimum atomic E-state index is 0.250. The van der Waals surface area contributed by atoms with E-state index >= 15 is 0 Å². The molecule has 5 N–H and O–H groups in total. The molecular weight excluding hydrogens is 250 g/mol. The molecule has 2 rings (SSSR count). The molecule has 20 heavy (non-hydrogen) atoms. The molecule has 1 aromatic rings. The lowest BCUT2D eigenvalue weighted by molar-refractivity contribution is -0.106. The molecule has 0 heterocycles. The van der Waals surface area contributed by atoms with Crippen molar-refractivity contribution in [2.24, 2.45) is 11.5 Å². The first-order valence-corrected chi connectivity index (χ1v) is 7.38. The van der Waals surface area contributed by atoms with Gasteiger partial charge in [0, 0.05) is 18.8 Å². The first-order valence-electron chi connectivity index (χ1n) is 7.38. The zero-order valence-electron chi connectivity index (χ0n) is 13.1. The fraction of sp³-hybridized carbons (Fsp3) is 0.562. The van der Waals surface area contributed by atoms with Gasteiger partial charge < -0.3 is 16.8 Å². The van der Waals surface area contributed by atoms with E-state index in [1.807, 2.05) is 51.2 Å². The highest BCUT2D eigenvalue weighted by Crippen LogP contribution is 2.14. The quantitative estimate of drug-likeness (QED) is 0.692. The van der Waals surface area contributed by atoms with Crippen LogP contribution < -0.4 is 16.8 Å². The van der Waals surface area contributed by atoms with Crippen molar-refractivity contribution in [2.45, 2.75) is 52.0 Å². The van der Waals surface area contributed by atoms with Crippen LogP contribution in [0.1, 0.15) is 46.0 Å². The van der Waals surface area contributed by atoms with Crippen molar-refractivity contribution in [3.8, 4) is 0 Å². The zero-order valence-corrected chi connectivity index (χ0v) is 13.1. The third kappa shape index (κ3) is 14.5. The number of para-hydroxylation sites is 1. The van der Waals surface area contributed by atoms with Crippen LogP contribution in [0.25, 0.3) is 0 Å². The maximum Gasteiger partial charge on any atom is 0.204 e. The number of carbonyl (C=O) groups excluding carboxylic acids is 1. The maximum absolute atomic E-state index is 8.58. The molecule has 0 atom stereocenters. The highest BCUT2D eigenvalue weighted by Gasteiger charge is 2.06. The van der Waals surface area contributed by atoms with Gasteiger partial charge in [0.2, 0.25) is 6.41 Å². The number of benzene rings is 1. The molecule has 4 heteroatoms. The minimum absolute atomic E-state index is 0.250. The van der Waals surface area contributed by atoms with E-state index in [1.54, 1.807) is 0 Å². The van der Waals surface area contributed by atoms with Gasteiger partial charge >= 0.3 is 0 Å². The van der Waals surface area contributed by atoms with E-state index in [0.717, 1.165) is 5.69 Å². The van der Waals surface area contributed by atoms with Crippen molar-refractivity contribution in [1.82, 2.24) is 0 Å². The highest BCUT2D eigenvalue weighted by molar-refractivity contribution is 5.42. The van der Waals surface area contributed by atoms with Crippen molar-refractivity contribution < 1.29 is 4.79 Å². The van der Waals surface area contributed by atoms with Gasteiger partial charge in [-0.25, -0.2) is 0 Å². The Morgan fingerprint density at radius 2 is 1.55 bits per heavy atom. The normalized spacial score (nSPS) is 13.2. The van der Waals surface area contributed by atoms with Crippen LogP contribution in [0.4, 0.5) is 5.69 Å². The molecule has 0 unspecified atom stereocenters. The Morgan fingerprint density at radius 1 is 1.10 bits per heavy atom. The van der Waals surface area contributed by atoms with E-state index in [4.69, 9.17) is 10.5 Å². The Labute approximate surface area is 123 Å². The first-order chi connectivity index (χ1) is 9.74. The van der Waals surface area contributed by atoms with E-state index in [9.17, 15) is 0 Å². The predicted octanol–water partition coefficient (Wildman–Crippen LogP) is 3.13. The maximum atomic E-state index is 8.58. The standard InChI is InChI=1S/C7H9N.C6H13N.C2H6.CH3NO/c1-8-7-5-3-2-4-6-7;7-6-4-2-1-3-5-6;1-2;2-1-3/h2-6,8H,1H3;6H,1-5,7H2;1-2H3;1H,(H2,2,3). The largest absolute Gasteiger partial charge is 0.388 e. The van der Waals surface area contributed by atoms with Gasteiger partial charge in [0.15, 0.2) is 0 Å². The molecule has 1 amide bonds. The summed E-state index contributed by atoms with van der Waals surface area (Å²) in [7, 11) is 1.91. The van der Waals surface area contributed by atoms with Crippen LogP contribution in [-0.2, 0) is 4.79 Å². The Balaban J connectivity index is 0. The number of nitrogens with two attached hydrogens (primary N) is 2. The van der Waals surface area contributed by atoms with Crippen molar-refractivity contribution in [3.05, 3.63) is 30.3 Å². The second-order valence-corrected chi connectivity index (χ2v) is 4.15. The summed E-state index contributed by atoms with van der Waals surface area (Å²) in [6.07, 6.45) is 6.91. The van der Waals surface area contributed by atoms with Crippen LogP contribution in [0.15, 0.2) is 30.3 Å². The topological polar surface area (TPSA) is 81.1 Å². The molecule has 1 aliphatic carbocycles. The second kappa shape index (κ2) is 17.4. The second-order valence-electron chi connectivity index (χ2n) is 4.15. The summed E-state index contributed by atoms with van der Waals surface area (Å²) in [6, 6.07) is 10.6. The molecule has 0 bridgehead atoms. The third-order valence-electron chi connectivity index (χ3n) is 2.71. The number of rotatable bonds is 1. The first kappa shape index (κ1) is 20.8. The number of amides is 1. The number of hydrogen-bond donors (Lipinski definition) is 3. The van der Waals surface area contributed by atoms with Crippen LogP contribution in [0.2, 0.25) is 0 Å². The molecular formula is C16H31N3O. The summed E-state index contributed by atoms with van der Waals surface area (Å²) in [5, 5.41) is 3.03. The number of anilines is 1. The summed E-state index contributed by atoms with van der Waals surface area (Å²) in [5.41, 5.74) is 11.0. The molecule has 1 aliphatic rings. The molecule has 0 saturated heterocycles. The number of primary amides is 1. The molecule has 0 radical (unpaired) electrons. The highest BCUT2D eigenvalue weighted by atomic mass is 16.1. The van der Waals surface area contributed by atoms with E-state index in [0.29, 0.717) is 6.04 Å². The van der Waals surface area contributed by atoms with Crippen molar-refractivity contribution in [2.75, 3.05) is 12.4 Å². The lowest BCUT2D eigenvalue weighted by Crippen LogP contribution is -2.22. The third-order valence-corrected chi connectivity index (χ3v) is 2.71. The van der Waals surface area contributed by atoms with Gasteiger partial charge in [0.05, 0.1) is 0 Å². The molecule has 0 spiro atoms. The van der Waals surface area contributed by atoms with Crippen LogP contribution in [0, 0.1) is 0 Å². The van der Waals surface area contributed by atoms with E-state index < -0.39 is 0 Å². The van der Waals surface area contributed by atoms with E-state index in [2.05, 4.69) is 11.1 Å². The van der Waals surface area contributed by atoms with Gasteiger partial charge in [-0.15, -0.1) is 0 Å². The Kier molecular flexibility index (Phi) is 18.1. The SMILES string of the molecule is CC.CNc1ccccc1.NC1CCCCC1.NC=O.